The summed E-state index contributed by atoms with van der Waals surface area (Å²) in [5.74, 6) is 1.19. The fraction of sp³-hybridized carbons (Fsp3) is 0.382. The Morgan fingerprint density at radius 3 is 2.47 bits per heavy atom. The van der Waals surface area contributed by atoms with Crippen LogP contribution in [0.1, 0.15) is 46.1 Å². The maximum absolute atomic E-state index is 14.8. The van der Waals surface area contributed by atoms with E-state index in [0.29, 0.717) is 56.3 Å². The lowest BCUT2D eigenvalue weighted by Crippen LogP contribution is -2.54. The number of aliphatic hydroxyl groups is 1. The number of fused-ring (bicyclic) bond motifs is 4. The van der Waals surface area contributed by atoms with E-state index in [1.807, 2.05) is 47.4 Å². The van der Waals surface area contributed by atoms with Crippen LogP contribution in [-0.2, 0) is 16.7 Å². The number of halogens is 1. The zero-order valence-corrected chi connectivity index (χ0v) is 24.6. The number of aliphatic hydroxyl groups excluding tert-OH is 1. The van der Waals surface area contributed by atoms with Crippen molar-refractivity contribution in [3.8, 4) is 11.5 Å². The number of nitrogens with zero attached hydrogens (tertiary/aromatic N) is 2. The quantitative estimate of drug-likeness (QED) is 0.266. The summed E-state index contributed by atoms with van der Waals surface area (Å²) in [4.78, 5) is 21.2. The van der Waals surface area contributed by atoms with Crippen molar-refractivity contribution < 1.29 is 28.5 Å². The second-order valence-corrected chi connectivity index (χ2v) is 11.5. The van der Waals surface area contributed by atoms with Crippen LogP contribution in [0, 0.1) is 5.82 Å². The Hall–Kier alpha value is -3.92. The van der Waals surface area contributed by atoms with Crippen LogP contribution in [-0.4, -0.2) is 79.5 Å². The summed E-state index contributed by atoms with van der Waals surface area (Å²) >= 11 is 0. The number of amides is 1. The molecule has 3 heterocycles. The van der Waals surface area contributed by atoms with E-state index in [4.69, 9.17) is 14.2 Å². The maximum Gasteiger partial charge on any atom is 0.253 e. The molecule has 2 aliphatic heterocycles. The highest BCUT2D eigenvalue weighted by Gasteiger charge is 2.48. The van der Waals surface area contributed by atoms with E-state index in [0.717, 1.165) is 35.2 Å². The van der Waals surface area contributed by atoms with E-state index in [1.54, 1.807) is 26.4 Å². The van der Waals surface area contributed by atoms with Gasteiger partial charge >= 0.3 is 0 Å². The van der Waals surface area contributed by atoms with Crippen LogP contribution in [0.4, 0.5) is 4.39 Å². The molecular weight excluding hydrogens is 549 g/mol. The molecule has 0 bridgehead atoms. The molecule has 4 aromatic rings. The molecule has 1 fully saturated rings. The summed E-state index contributed by atoms with van der Waals surface area (Å²) in [5, 5.41) is 11.7. The van der Waals surface area contributed by atoms with Crippen molar-refractivity contribution in [3.05, 3.63) is 94.9 Å². The van der Waals surface area contributed by atoms with Crippen LogP contribution in [0.2, 0.25) is 0 Å². The summed E-state index contributed by atoms with van der Waals surface area (Å²) in [6.07, 6.45) is 1.49. The van der Waals surface area contributed by atoms with Gasteiger partial charge in [0.2, 0.25) is 0 Å². The fourth-order valence-corrected chi connectivity index (χ4v) is 6.79. The number of ether oxygens (including phenoxy) is 3. The number of aromatic nitrogens is 1. The van der Waals surface area contributed by atoms with Crippen molar-refractivity contribution >= 4 is 16.8 Å². The highest BCUT2D eigenvalue weighted by atomic mass is 19.1. The first kappa shape index (κ1) is 29.2. The molecule has 1 atom stereocenters. The zero-order chi connectivity index (χ0) is 30.0. The third-order valence-corrected chi connectivity index (χ3v) is 9.01. The standard InChI is InChI=1S/C34H38FN3O5/c1-41-17-18-43-25-9-7-23(8-10-25)33(40)37-15-13-34(14-16-37)22-38(20-24-5-3-4-6-28(24)35)30(21-39)32-31(34)27-12-11-26(42-2)19-29(27)36-32/h3-12,19,30,36,39H,13-18,20-22H2,1-2H3. The molecule has 6 rings (SSSR count). The van der Waals surface area contributed by atoms with Gasteiger partial charge in [-0.25, -0.2) is 4.39 Å². The van der Waals surface area contributed by atoms with Crippen molar-refractivity contribution in [1.29, 1.82) is 0 Å². The molecule has 226 valence electrons. The van der Waals surface area contributed by atoms with Gasteiger partial charge in [-0.1, -0.05) is 18.2 Å². The number of hydrogen-bond acceptors (Lipinski definition) is 6. The second kappa shape index (κ2) is 12.4. The maximum atomic E-state index is 14.8. The Morgan fingerprint density at radius 1 is 1.02 bits per heavy atom. The van der Waals surface area contributed by atoms with Crippen LogP contribution < -0.4 is 9.47 Å². The largest absolute Gasteiger partial charge is 0.497 e. The fourth-order valence-electron chi connectivity index (χ4n) is 6.79. The highest BCUT2D eigenvalue weighted by molar-refractivity contribution is 5.94. The number of nitrogens with one attached hydrogen (secondary N) is 1. The molecule has 1 unspecified atom stereocenters. The minimum atomic E-state index is -0.317. The number of carbonyl (C=O) groups excluding carboxylic acids is 1. The summed E-state index contributed by atoms with van der Waals surface area (Å²) in [7, 11) is 3.27. The number of methoxy groups -OCH3 is 2. The molecule has 1 aromatic heterocycles. The van der Waals surface area contributed by atoms with Crippen molar-refractivity contribution in [2.75, 3.05) is 53.7 Å². The van der Waals surface area contributed by atoms with E-state index in [2.05, 4.69) is 16.0 Å². The Labute approximate surface area is 251 Å². The third-order valence-electron chi connectivity index (χ3n) is 9.01. The summed E-state index contributed by atoms with van der Waals surface area (Å²) < 4.78 is 31.0. The van der Waals surface area contributed by atoms with Crippen LogP contribution in [0.15, 0.2) is 66.7 Å². The number of likely N-dealkylation sites (tertiary alicyclic amines) is 1. The van der Waals surface area contributed by atoms with Crippen molar-refractivity contribution in [3.63, 3.8) is 0 Å². The van der Waals surface area contributed by atoms with Crippen LogP contribution in [0.5, 0.6) is 11.5 Å². The summed E-state index contributed by atoms with van der Waals surface area (Å²) in [6, 6.07) is 19.8. The number of carbonyl (C=O) groups is 1. The number of rotatable bonds is 9. The SMILES string of the molecule is COCCOc1ccc(C(=O)N2CCC3(CC2)CN(Cc2ccccc2F)C(CO)c2[nH]c4cc(OC)ccc4c23)cc1. The summed E-state index contributed by atoms with van der Waals surface area (Å²) in [6.45, 7) is 3.05. The smallest absolute Gasteiger partial charge is 0.253 e. The van der Waals surface area contributed by atoms with Crippen molar-refractivity contribution in [1.82, 2.24) is 14.8 Å². The molecule has 2 aliphatic rings. The Bertz CT molecular complexity index is 1580. The molecule has 0 radical (unpaired) electrons. The van der Waals surface area contributed by atoms with E-state index in [1.165, 1.54) is 11.6 Å². The Kier molecular flexibility index (Phi) is 8.38. The molecular formula is C34H38FN3O5. The molecule has 2 N–H and O–H groups in total. The van der Waals surface area contributed by atoms with Gasteiger partial charge in [0, 0.05) is 72.5 Å². The lowest BCUT2D eigenvalue weighted by atomic mass is 9.68. The van der Waals surface area contributed by atoms with Gasteiger partial charge in [0.1, 0.15) is 23.9 Å². The third kappa shape index (κ3) is 5.60. The highest BCUT2D eigenvalue weighted by Crippen LogP contribution is 2.49. The van der Waals surface area contributed by atoms with Crippen LogP contribution >= 0.6 is 0 Å². The number of benzene rings is 3. The van der Waals surface area contributed by atoms with Gasteiger partial charge < -0.3 is 29.2 Å². The summed E-state index contributed by atoms with van der Waals surface area (Å²) in [5.41, 5.74) is 4.03. The molecule has 1 amide bonds. The predicted molar refractivity (Wildman–Crippen MR) is 162 cm³/mol. The van der Waals surface area contributed by atoms with Gasteiger partial charge in [-0.15, -0.1) is 0 Å². The Balaban J connectivity index is 1.29. The van der Waals surface area contributed by atoms with Gasteiger partial charge in [-0.05, 0) is 60.9 Å². The minimum Gasteiger partial charge on any atom is -0.497 e. The average Bonchev–Trinajstić information content (AvgIpc) is 3.42. The average molecular weight is 588 g/mol. The van der Waals surface area contributed by atoms with Crippen LogP contribution in [0.3, 0.4) is 0 Å². The van der Waals surface area contributed by atoms with E-state index >= 15 is 0 Å². The van der Waals surface area contributed by atoms with Gasteiger partial charge in [-0.3, -0.25) is 9.69 Å². The molecule has 43 heavy (non-hydrogen) atoms. The lowest BCUT2D eigenvalue weighted by molar-refractivity contribution is 0.0382. The second-order valence-electron chi connectivity index (χ2n) is 11.5. The minimum absolute atomic E-state index is 0.00515. The number of hydrogen-bond donors (Lipinski definition) is 2. The molecule has 3 aromatic carbocycles. The predicted octanol–water partition coefficient (Wildman–Crippen LogP) is 5.06. The van der Waals surface area contributed by atoms with E-state index < -0.39 is 0 Å². The molecule has 1 saturated heterocycles. The number of aromatic amines is 1. The van der Waals surface area contributed by atoms with E-state index in [-0.39, 0.29) is 29.8 Å². The number of piperidine rings is 1. The zero-order valence-electron chi connectivity index (χ0n) is 24.6. The first-order chi connectivity index (χ1) is 21.0. The molecule has 1 spiro atoms. The molecule has 0 aliphatic carbocycles. The normalized spacial score (nSPS) is 18.1. The van der Waals surface area contributed by atoms with Crippen LogP contribution in [0.25, 0.3) is 10.9 Å². The van der Waals surface area contributed by atoms with Gasteiger partial charge in [0.15, 0.2) is 0 Å². The topological polar surface area (TPSA) is 87.3 Å². The first-order valence-electron chi connectivity index (χ1n) is 14.8. The molecule has 9 heteroatoms. The molecule has 0 saturated carbocycles. The first-order valence-corrected chi connectivity index (χ1v) is 14.8. The van der Waals surface area contributed by atoms with Gasteiger partial charge in [-0.2, -0.15) is 0 Å². The van der Waals surface area contributed by atoms with Crippen molar-refractivity contribution in [2.24, 2.45) is 0 Å². The molecule has 8 nitrogen and oxygen atoms in total. The van der Waals surface area contributed by atoms with E-state index in [9.17, 15) is 14.3 Å². The monoisotopic (exact) mass is 587 g/mol. The lowest BCUT2D eigenvalue weighted by Gasteiger charge is -2.50. The van der Waals surface area contributed by atoms with Crippen molar-refractivity contribution in [2.45, 2.75) is 30.8 Å². The van der Waals surface area contributed by atoms with Gasteiger partial charge in [0.05, 0.1) is 26.4 Å². The Morgan fingerprint density at radius 2 is 1.77 bits per heavy atom. The number of H-pyrrole nitrogens is 1. The van der Waals surface area contributed by atoms with Gasteiger partial charge in [0.25, 0.3) is 5.91 Å².